The molecule has 0 bridgehead atoms. The number of ether oxygens (including phenoxy) is 1. The number of carbonyl (C=O) groups is 1. The molecule has 0 radical (unpaired) electrons. The average molecular weight is 270 g/mol. The van der Waals surface area contributed by atoms with E-state index in [1.807, 2.05) is 0 Å². The number of carbonyl (C=O) groups excluding carboxylic acids is 1. The number of benzene rings is 1. The Bertz CT molecular complexity index is 523. The van der Waals surface area contributed by atoms with Gasteiger partial charge in [0, 0.05) is 5.02 Å². The van der Waals surface area contributed by atoms with Crippen molar-refractivity contribution in [2.24, 2.45) is 27.2 Å². The first kappa shape index (κ1) is 13.8. The normalized spacial score (nSPS) is 10.9. The van der Waals surface area contributed by atoms with Gasteiger partial charge in [0.2, 0.25) is 5.96 Å². The van der Waals surface area contributed by atoms with Gasteiger partial charge in [0.05, 0.1) is 18.4 Å². The molecule has 0 aliphatic carbocycles. The standard InChI is InChI=1S/C10H12ClN5O2/c1-18-8(17)6-3-2-5(11)4-7(6)15-10(14)16-9(12)13/h2-4H,1H3,(H6,12,13,14,15,16). The lowest BCUT2D eigenvalue weighted by molar-refractivity contribution is 0.0602. The van der Waals surface area contributed by atoms with Gasteiger partial charge < -0.3 is 21.9 Å². The highest BCUT2D eigenvalue weighted by molar-refractivity contribution is 6.31. The Kier molecular flexibility index (Phi) is 4.50. The first-order valence-electron chi connectivity index (χ1n) is 4.75. The highest BCUT2D eigenvalue weighted by atomic mass is 35.5. The van der Waals surface area contributed by atoms with Crippen molar-refractivity contribution in [1.82, 2.24) is 0 Å². The minimum atomic E-state index is -0.567. The van der Waals surface area contributed by atoms with Crippen LogP contribution in [0.4, 0.5) is 5.69 Å². The van der Waals surface area contributed by atoms with E-state index in [0.29, 0.717) is 5.02 Å². The Labute approximate surface area is 108 Å². The van der Waals surface area contributed by atoms with E-state index >= 15 is 0 Å². The molecule has 1 aromatic carbocycles. The Morgan fingerprint density at radius 1 is 1.33 bits per heavy atom. The fourth-order valence-electron chi connectivity index (χ4n) is 1.16. The number of guanidine groups is 2. The minimum Gasteiger partial charge on any atom is -0.465 e. The maximum absolute atomic E-state index is 11.5. The van der Waals surface area contributed by atoms with Gasteiger partial charge in [-0.3, -0.25) is 0 Å². The molecule has 8 heteroatoms. The van der Waals surface area contributed by atoms with Gasteiger partial charge in [0.15, 0.2) is 5.96 Å². The quantitative estimate of drug-likeness (QED) is 0.405. The maximum Gasteiger partial charge on any atom is 0.340 e. The number of esters is 1. The molecule has 6 N–H and O–H groups in total. The minimum absolute atomic E-state index is 0.192. The number of nitrogens with two attached hydrogens (primary N) is 3. The van der Waals surface area contributed by atoms with Crippen LogP contribution in [0.2, 0.25) is 5.02 Å². The van der Waals surface area contributed by atoms with Crippen LogP contribution in [0.1, 0.15) is 10.4 Å². The predicted molar refractivity (Wildman–Crippen MR) is 69.9 cm³/mol. The van der Waals surface area contributed by atoms with Crippen molar-refractivity contribution in [2.75, 3.05) is 7.11 Å². The summed E-state index contributed by atoms with van der Waals surface area (Å²) in [7, 11) is 1.25. The molecular weight excluding hydrogens is 258 g/mol. The average Bonchev–Trinajstić information content (AvgIpc) is 2.27. The Morgan fingerprint density at radius 3 is 2.56 bits per heavy atom. The van der Waals surface area contributed by atoms with E-state index < -0.39 is 5.97 Å². The number of hydrogen-bond donors (Lipinski definition) is 3. The highest BCUT2D eigenvalue weighted by Crippen LogP contribution is 2.24. The molecule has 0 aliphatic rings. The maximum atomic E-state index is 11.5. The van der Waals surface area contributed by atoms with Crippen LogP contribution in [0.5, 0.6) is 0 Å². The van der Waals surface area contributed by atoms with E-state index in [9.17, 15) is 4.79 Å². The second kappa shape index (κ2) is 5.87. The van der Waals surface area contributed by atoms with Gasteiger partial charge in [-0.25, -0.2) is 9.79 Å². The number of rotatable bonds is 2. The van der Waals surface area contributed by atoms with E-state index in [-0.39, 0.29) is 23.2 Å². The number of nitrogens with zero attached hydrogens (tertiary/aromatic N) is 2. The van der Waals surface area contributed by atoms with E-state index in [1.165, 1.54) is 25.3 Å². The lowest BCUT2D eigenvalue weighted by Gasteiger charge is -2.04. The summed E-state index contributed by atoms with van der Waals surface area (Å²) in [5.74, 6) is -0.997. The number of halogens is 1. The van der Waals surface area contributed by atoms with Crippen LogP contribution in [0.15, 0.2) is 28.2 Å². The van der Waals surface area contributed by atoms with Crippen LogP contribution < -0.4 is 17.2 Å². The zero-order valence-electron chi connectivity index (χ0n) is 9.55. The predicted octanol–water partition coefficient (Wildman–Crippen LogP) is 0.346. The topological polar surface area (TPSA) is 129 Å². The Morgan fingerprint density at radius 2 is 2.00 bits per heavy atom. The van der Waals surface area contributed by atoms with Crippen LogP contribution in [0, 0.1) is 0 Å². The van der Waals surface area contributed by atoms with Crippen molar-refractivity contribution in [1.29, 1.82) is 0 Å². The molecule has 0 fully saturated rings. The lowest BCUT2D eigenvalue weighted by atomic mass is 10.2. The summed E-state index contributed by atoms with van der Waals surface area (Å²) < 4.78 is 4.60. The summed E-state index contributed by atoms with van der Waals surface area (Å²) >= 11 is 5.81. The van der Waals surface area contributed by atoms with Crippen LogP contribution in [-0.2, 0) is 4.74 Å². The SMILES string of the molecule is COC(=O)c1ccc(Cl)cc1N=C(N)N=C(N)N. The van der Waals surface area contributed by atoms with Gasteiger partial charge in [0.25, 0.3) is 0 Å². The smallest absolute Gasteiger partial charge is 0.340 e. The first-order valence-corrected chi connectivity index (χ1v) is 5.13. The van der Waals surface area contributed by atoms with Gasteiger partial charge in [-0.1, -0.05) is 11.6 Å². The molecule has 1 rings (SSSR count). The highest BCUT2D eigenvalue weighted by Gasteiger charge is 2.12. The van der Waals surface area contributed by atoms with Gasteiger partial charge >= 0.3 is 5.97 Å². The summed E-state index contributed by atoms with van der Waals surface area (Å²) in [6.45, 7) is 0. The first-order chi connectivity index (χ1) is 8.43. The molecule has 0 aromatic heterocycles. The van der Waals surface area contributed by atoms with E-state index in [4.69, 9.17) is 28.8 Å². The lowest BCUT2D eigenvalue weighted by Crippen LogP contribution is -2.26. The fraction of sp³-hybridized carbons (Fsp3) is 0.100. The van der Waals surface area contributed by atoms with E-state index in [2.05, 4.69) is 14.7 Å². The molecule has 0 spiro atoms. The number of methoxy groups -OCH3 is 1. The Hall–Kier alpha value is -2.28. The monoisotopic (exact) mass is 269 g/mol. The van der Waals surface area contributed by atoms with Crippen LogP contribution in [0.3, 0.4) is 0 Å². The molecule has 0 heterocycles. The third-order valence-corrected chi connectivity index (χ3v) is 2.08. The molecule has 1 aromatic rings. The van der Waals surface area contributed by atoms with E-state index in [1.54, 1.807) is 0 Å². The molecule has 18 heavy (non-hydrogen) atoms. The second-order valence-electron chi connectivity index (χ2n) is 3.16. The Balaban J connectivity index is 3.26. The van der Waals surface area contributed by atoms with Gasteiger partial charge in [-0.15, -0.1) is 0 Å². The van der Waals surface area contributed by atoms with Gasteiger partial charge in [0.1, 0.15) is 0 Å². The third-order valence-electron chi connectivity index (χ3n) is 1.84. The number of aliphatic imine (C=N–C) groups is 2. The summed E-state index contributed by atoms with van der Waals surface area (Å²) in [6.07, 6.45) is 0. The molecular formula is C10H12ClN5O2. The molecule has 0 amide bonds. The summed E-state index contributed by atoms with van der Waals surface area (Å²) in [6, 6.07) is 4.45. The molecule has 0 aliphatic heterocycles. The summed E-state index contributed by atoms with van der Waals surface area (Å²) in [4.78, 5) is 18.9. The van der Waals surface area contributed by atoms with Crippen LogP contribution in [-0.4, -0.2) is 25.0 Å². The zero-order chi connectivity index (χ0) is 13.7. The van der Waals surface area contributed by atoms with Crippen molar-refractivity contribution in [3.05, 3.63) is 28.8 Å². The molecule has 0 saturated carbocycles. The second-order valence-corrected chi connectivity index (χ2v) is 3.60. The van der Waals surface area contributed by atoms with Crippen molar-refractivity contribution in [3.63, 3.8) is 0 Å². The number of hydrogen-bond acceptors (Lipinski definition) is 3. The van der Waals surface area contributed by atoms with Crippen LogP contribution in [0.25, 0.3) is 0 Å². The van der Waals surface area contributed by atoms with Crippen LogP contribution >= 0.6 is 11.6 Å². The molecule has 0 saturated heterocycles. The summed E-state index contributed by atoms with van der Waals surface area (Å²) in [5.41, 5.74) is 16.2. The van der Waals surface area contributed by atoms with Crippen molar-refractivity contribution in [2.45, 2.75) is 0 Å². The van der Waals surface area contributed by atoms with E-state index in [0.717, 1.165) is 0 Å². The molecule has 0 atom stereocenters. The summed E-state index contributed by atoms with van der Waals surface area (Å²) in [5, 5.41) is 0.388. The molecule has 0 unspecified atom stereocenters. The van der Waals surface area contributed by atoms with Crippen molar-refractivity contribution < 1.29 is 9.53 Å². The third kappa shape index (κ3) is 3.63. The fourth-order valence-corrected chi connectivity index (χ4v) is 1.33. The van der Waals surface area contributed by atoms with Crippen molar-refractivity contribution >= 4 is 35.2 Å². The van der Waals surface area contributed by atoms with Gasteiger partial charge in [-0.2, -0.15) is 4.99 Å². The zero-order valence-corrected chi connectivity index (χ0v) is 10.3. The molecule has 96 valence electrons. The molecule has 7 nitrogen and oxygen atoms in total. The largest absolute Gasteiger partial charge is 0.465 e. The van der Waals surface area contributed by atoms with Crippen molar-refractivity contribution in [3.8, 4) is 0 Å². The van der Waals surface area contributed by atoms with Gasteiger partial charge in [-0.05, 0) is 18.2 Å².